The minimum Gasteiger partial charge on any atom is -0.678 e. The molecule has 0 spiro atoms. The zero-order chi connectivity index (χ0) is 24.9. The fourth-order valence-electron chi connectivity index (χ4n) is 6.81. The standard InChI is InChI=1S/C30H35N4O.Mg/c1-12-14(3)22-10-24-16(5)17(6)28(33-24)26-19(8)30(35)27-18(7)25(34-29(26)27)11-23-15(4)13(2)21(32-23)9-20(12)31-22;/h10-11,16-17,19-20,26,28H,9H2,1-8H3,(H-,31,32,33,34,35);/q-1;+2/p+1. The van der Waals surface area contributed by atoms with E-state index in [1.165, 1.54) is 28.0 Å². The number of nitrogens with one attached hydrogen (secondary N) is 2. The van der Waals surface area contributed by atoms with Gasteiger partial charge < -0.3 is 10.3 Å². The second-order valence-corrected chi connectivity index (χ2v) is 11.4. The summed E-state index contributed by atoms with van der Waals surface area (Å²) in [4.78, 5) is 26.1. The van der Waals surface area contributed by atoms with Gasteiger partial charge in [-0.3, -0.25) is 4.79 Å². The molecule has 36 heavy (non-hydrogen) atoms. The first-order valence-electron chi connectivity index (χ1n) is 13.1. The van der Waals surface area contributed by atoms with Gasteiger partial charge in [0.25, 0.3) is 0 Å². The molecule has 5 heterocycles. The largest absolute Gasteiger partial charge is 2.00 e. The van der Waals surface area contributed by atoms with Crippen molar-refractivity contribution in [3.05, 3.63) is 67.6 Å². The number of carbonyl (C=O) groups is 1. The Labute approximate surface area is 230 Å². The molecule has 6 rings (SSSR count). The molecule has 2 N–H and O–H groups in total. The molecule has 1 saturated carbocycles. The van der Waals surface area contributed by atoms with E-state index in [1.807, 2.05) is 0 Å². The number of allylic oxidation sites excluding steroid dienone is 4. The summed E-state index contributed by atoms with van der Waals surface area (Å²) in [5.41, 5.74) is 13.6. The molecule has 4 aliphatic heterocycles. The average Bonchev–Trinajstić information content (AvgIpc) is 3.52. The van der Waals surface area contributed by atoms with Gasteiger partial charge in [0.1, 0.15) is 5.92 Å². The Balaban J connectivity index is 0.00000267. The Morgan fingerprint density at radius 1 is 0.944 bits per heavy atom. The molecule has 0 amide bonds. The van der Waals surface area contributed by atoms with E-state index in [4.69, 9.17) is 10.3 Å². The molecule has 8 bridgehead atoms. The monoisotopic (exact) mass is 492 g/mol. The molecule has 182 valence electrons. The van der Waals surface area contributed by atoms with Crippen LogP contribution < -0.4 is 15.0 Å². The van der Waals surface area contributed by atoms with Gasteiger partial charge in [0.15, 0.2) is 17.5 Å². The fourth-order valence-corrected chi connectivity index (χ4v) is 6.81. The molecule has 5 nitrogen and oxygen atoms in total. The second kappa shape index (κ2) is 8.69. The Hall–Kier alpha value is -2.18. The summed E-state index contributed by atoms with van der Waals surface area (Å²) >= 11 is 0. The van der Waals surface area contributed by atoms with Crippen molar-refractivity contribution in [1.29, 1.82) is 0 Å². The predicted octanol–water partition coefficient (Wildman–Crippen LogP) is 1.62. The van der Waals surface area contributed by atoms with Crippen molar-refractivity contribution >= 4 is 46.3 Å². The number of nitrogens with zero attached hydrogens (tertiary/aromatic N) is 2. The van der Waals surface area contributed by atoms with Crippen molar-refractivity contribution in [2.45, 2.75) is 73.9 Å². The molecule has 1 aliphatic carbocycles. The molecule has 6 unspecified atom stereocenters. The average molecular weight is 493 g/mol. The molecule has 0 radical (unpaired) electrons. The van der Waals surface area contributed by atoms with Crippen molar-refractivity contribution in [1.82, 2.24) is 4.98 Å². The van der Waals surface area contributed by atoms with Crippen LogP contribution in [0, 0.1) is 37.5 Å². The predicted molar refractivity (Wildman–Crippen MR) is 145 cm³/mol. The summed E-state index contributed by atoms with van der Waals surface area (Å²) < 4.78 is 0. The van der Waals surface area contributed by atoms with Gasteiger partial charge in [-0.25, -0.2) is 9.98 Å². The van der Waals surface area contributed by atoms with Gasteiger partial charge in [-0.1, -0.05) is 55.5 Å². The zero-order valence-electron chi connectivity index (χ0n) is 22.8. The normalized spacial score (nSPS) is 35.7. The van der Waals surface area contributed by atoms with Gasteiger partial charge in [0.2, 0.25) is 11.4 Å². The third kappa shape index (κ3) is 3.43. The first kappa shape index (κ1) is 25.5. The molecule has 1 fully saturated rings. The van der Waals surface area contributed by atoms with Crippen molar-refractivity contribution in [3.8, 4) is 0 Å². The van der Waals surface area contributed by atoms with Gasteiger partial charge in [0.05, 0.1) is 5.57 Å². The molecule has 1 aromatic heterocycles. The number of hydrogen-bond donors (Lipinski definition) is 2. The number of fused-ring (bicyclic) bond motifs is 7. The summed E-state index contributed by atoms with van der Waals surface area (Å²) in [6.45, 7) is 17.6. The number of aromatic nitrogens is 1. The quantitative estimate of drug-likeness (QED) is 0.540. The Kier molecular flexibility index (Phi) is 6.15. The number of rotatable bonds is 0. The first-order valence-corrected chi connectivity index (χ1v) is 13.1. The maximum Gasteiger partial charge on any atom is 2.00 e. The van der Waals surface area contributed by atoms with Crippen LogP contribution in [0.4, 0.5) is 0 Å². The molecule has 6 atom stereocenters. The number of carbonyl (C=O) groups excluding carboxylic acids is 1. The summed E-state index contributed by atoms with van der Waals surface area (Å²) in [5.74, 6) is 1.13. The van der Waals surface area contributed by atoms with Gasteiger partial charge in [-0.05, 0) is 46.8 Å². The molecule has 1 aromatic rings. The van der Waals surface area contributed by atoms with Crippen LogP contribution in [0.5, 0.6) is 0 Å². The van der Waals surface area contributed by atoms with Gasteiger partial charge in [-0.2, -0.15) is 5.69 Å². The first-order chi connectivity index (χ1) is 16.6. The van der Waals surface area contributed by atoms with Crippen LogP contribution in [0.1, 0.15) is 64.1 Å². The third-order valence-corrected chi connectivity index (χ3v) is 9.78. The maximum absolute atomic E-state index is 13.5. The summed E-state index contributed by atoms with van der Waals surface area (Å²) in [6, 6.07) is 0.335. The minimum absolute atomic E-state index is 0. The summed E-state index contributed by atoms with van der Waals surface area (Å²) in [6.07, 6.45) is 5.24. The van der Waals surface area contributed by atoms with Crippen LogP contribution in [0.3, 0.4) is 0 Å². The molecule has 5 aliphatic rings. The maximum atomic E-state index is 13.5. The van der Waals surface area contributed by atoms with Crippen molar-refractivity contribution < 1.29 is 14.8 Å². The smallest absolute Gasteiger partial charge is 0.678 e. The SMILES string of the molecule is CC1=C(C)C2Cc3[n-]c(c(C)c3C)/C=C3\[NH+]=C4C(=C3C)C(=O)C(C)C4C3[NH+]=C(/C=C/1[N-]2)C(C)C3C.[Mg+2]. The van der Waals surface area contributed by atoms with Gasteiger partial charge in [-0.15, -0.1) is 11.4 Å². The zero-order valence-corrected chi connectivity index (χ0v) is 24.2. The number of Topliss-reactive ketones (excluding diaryl/α,β-unsaturated/α-hetero) is 1. The van der Waals surface area contributed by atoms with Crippen LogP contribution in [-0.4, -0.2) is 52.3 Å². The Morgan fingerprint density at radius 3 is 2.39 bits per heavy atom. The molecule has 0 aromatic carbocycles. The van der Waals surface area contributed by atoms with Crippen molar-refractivity contribution in [2.75, 3.05) is 0 Å². The van der Waals surface area contributed by atoms with Crippen molar-refractivity contribution in [3.63, 3.8) is 0 Å². The number of ketones is 1. The minimum atomic E-state index is -0.0425. The van der Waals surface area contributed by atoms with E-state index in [2.05, 4.69) is 77.5 Å². The molecule has 0 saturated heterocycles. The van der Waals surface area contributed by atoms with E-state index >= 15 is 0 Å². The van der Waals surface area contributed by atoms with E-state index in [-0.39, 0.29) is 52.8 Å². The summed E-state index contributed by atoms with van der Waals surface area (Å²) in [7, 11) is 0. The second-order valence-electron chi connectivity index (χ2n) is 11.4. The van der Waals surface area contributed by atoms with E-state index in [0.717, 1.165) is 46.1 Å². The van der Waals surface area contributed by atoms with E-state index < -0.39 is 0 Å². The van der Waals surface area contributed by atoms with Crippen LogP contribution in [0.25, 0.3) is 11.4 Å². The molecular formula is C30H36MgN4O+2. The van der Waals surface area contributed by atoms with Crippen LogP contribution in [0.2, 0.25) is 0 Å². The Morgan fingerprint density at radius 2 is 1.67 bits per heavy atom. The fraction of sp³-hybridized carbons (Fsp3) is 0.500. The van der Waals surface area contributed by atoms with Gasteiger partial charge >= 0.3 is 23.1 Å². The molecular weight excluding hydrogens is 457 g/mol. The third-order valence-electron chi connectivity index (χ3n) is 9.78. The van der Waals surface area contributed by atoms with Crippen LogP contribution in [-0.2, 0) is 11.2 Å². The van der Waals surface area contributed by atoms with Gasteiger partial charge in [0, 0.05) is 23.3 Å². The van der Waals surface area contributed by atoms with E-state index in [1.54, 1.807) is 0 Å². The van der Waals surface area contributed by atoms with Crippen LogP contribution >= 0.6 is 0 Å². The topological polar surface area (TPSA) is 73.2 Å². The van der Waals surface area contributed by atoms with Crippen LogP contribution in [0.15, 0.2) is 39.8 Å². The van der Waals surface area contributed by atoms with E-state index in [9.17, 15) is 4.79 Å². The molecule has 6 heteroatoms. The van der Waals surface area contributed by atoms with Crippen molar-refractivity contribution in [2.24, 2.45) is 23.7 Å². The van der Waals surface area contributed by atoms with E-state index in [0.29, 0.717) is 11.8 Å². The summed E-state index contributed by atoms with van der Waals surface area (Å²) in [5, 5.41) is 5.18. The Bertz CT molecular complexity index is 1380. The number of hydrogen-bond acceptors (Lipinski definition) is 1.